The molecular formula is C23H26N4O5S. The maximum atomic E-state index is 13.5. The maximum absolute atomic E-state index is 13.5. The molecule has 10 heteroatoms. The van der Waals surface area contributed by atoms with Gasteiger partial charge in [-0.15, -0.1) is 0 Å². The average molecular weight is 471 g/mol. The molecule has 2 heterocycles. The number of aryl methyl sites for hydroxylation is 2. The van der Waals surface area contributed by atoms with Crippen LogP contribution in [0.25, 0.3) is 11.4 Å². The zero-order valence-corrected chi connectivity index (χ0v) is 19.6. The zero-order chi connectivity index (χ0) is 23.6. The minimum atomic E-state index is -3.81. The van der Waals surface area contributed by atoms with Gasteiger partial charge in [0.1, 0.15) is 5.75 Å². The summed E-state index contributed by atoms with van der Waals surface area (Å²) >= 11 is 0. The molecule has 2 aromatic carbocycles. The minimum Gasteiger partial charge on any atom is -0.497 e. The first-order chi connectivity index (χ1) is 15.8. The fourth-order valence-electron chi connectivity index (χ4n) is 3.87. The molecule has 0 spiro atoms. The Labute approximate surface area is 192 Å². The van der Waals surface area contributed by atoms with Gasteiger partial charge in [0.25, 0.3) is 0 Å². The van der Waals surface area contributed by atoms with Crippen molar-refractivity contribution >= 4 is 21.6 Å². The first kappa shape index (κ1) is 22.9. The molecule has 1 saturated heterocycles. The highest BCUT2D eigenvalue weighted by Gasteiger charge is 2.34. The molecule has 9 nitrogen and oxygen atoms in total. The Morgan fingerprint density at radius 3 is 2.61 bits per heavy atom. The van der Waals surface area contributed by atoms with Crippen LogP contribution in [-0.2, 0) is 14.8 Å². The second-order valence-electron chi connectivity index (χ2n) is 8.04. The molecule has 4 rings (SSSR count). The largest absolute Gasteiger partial charge is 0.497 e. The number of carbonyl (C=O) groups is 1. The molecule has 1 aromatic heterocycles. The minimum absolute atomic E-state index is 0.120. The summed E-state index contributed by atoms with van der Waals surface area (Å²) in [6, 6.07) is 12.1. The Morgan fingerprint density at radius 2 is 1.94 bits per heavy atom. The summed E-state index contributed by atoms with van der Waals surface area (Å²) in [5.41, 5.74) is 1.81. The van der Waals surface area contributed by atoms with Crippen molar-refractivity contribution in [3.8, 4) is 17.1 Å². The van der Waals surface area contributed by atoms with E-state index < -0.39 is 15.9 Å². The second kappa shape index (κ2) is 9.32. The van der Waals surface area contributed by atoms with Crippen LogP contribution < -0.4 is 10.1 Å². The number of methoxy groups -OCH3 is 1. The highest BCUT2D eigenvalue weighted by Crippen LogP contribution is 2.29. The molecule has 1 amide bonds. The molecule has 174 valence electrons. The van der Waals surface area contributed by atoms with Crippen molar-refractivity contribution in [3.63, 3.8) is 0 Å². The summed E-state index contributed by atoms with van der Waals surface area (Å²) in [6.45, 7) is 3.90. The molecule has 0 aliphatic carbocycles. The summed E-state index contributed by atoms with van der Waals surface area (Å²) < 4.78 is 38.6. The van der Waals surface area contributed by atoms with Crippen molar-refractivity contribution in [3.05, 3.63) is 53.9 Å². The van der Waals surface area contributed by atoms with Crippen LogP contribution in [0.1, 0.15) is 24.3 Å². The normalized spacial score (nSPS) is 17.0. The molecule has 1 aliphatic rings. The summed E-state index contributed by atoms with van der Waals surface area (Å²) in [4.78, 5) is 17.2. The van der Waals surface area contributed by atoms with Crippen molar-refractivity contribution in [1.29, 1.82) is 0 Å². The SMILES string of the molecule is COc1ccc(NC(=O)[C@H]2CCCN(S(=O)(=O)c3cc(-c4noc(C)n4)ccc3C)C2)cc1. The lowest BCUT2D eigenvalue weighted by atomic mass is 9.99. The molecule has 1 N–H and O–H groups in total. The van der Waals surface area contributed by atoms with Crippen LogP contribution in [0.4, 0.5) is 5.69 Å². The van der Waals surface area contributed by atoms with Gasteiger partial charge >= 0.3 is 0 Å². The van der Waals surface area contributed by atoms with E-state index in [1.807, 2.05) is 0 Å². The third kappa shape index (κ3) is 4.91. The van der Waals surface area contributed by atoms with Gasteiger partial charge in [-0.05, 0) is 55.7 Å². The lowest BCUT2D eigenvalue weighted by Crippen LogP contribution is -2.43. The molecule has 0 radical (unpaired) electrons. The quantitative estimate of drug-likeness (QED) is 0.587. The van der Waals surface area contributed by atoms with Crippen molar-refractivity contribution in [2.75, 3.05) is 25.5 Å². The van der Waals surface area contributed by atoms with Crippen LogP contribution >= 0.6 is 0 Å². The molecule has 1 fully saturated rings. The van der Waals surface area contributed by atoms with E-state index in [2.05, 4.69) is 15.5 Å². The van der Waals surface area contributed by atoms with E-state index in [0.717, 1.165) is 0 Å². The van der Waals surface area contributed by atoms with Gasteiger partial charge in [-0.2, -0.15) is 9.29 Å². The summed E-state index contributed by atoms with van der Waals surface area (Å²) in [5, 5.41) is 6.76. The van der Waals surface area contributed by atoms with Crippen molar-refractivity contribution in [2.24, 2.45) is 5.92 Å². The van der Waals surface area contributed by atoms with Crippen molar-refractivity contribution < 1.29 is 22.5 Å². The molecular weight excluding hydrogens is 444 g/mol. The van der Waals surface area contributed by atoms with E-state index in [9.17, 15) is 13.2 Å². The maximum Gasteiger partial charge on any atom is 0.243 e. The summed E-state index contributed by atoms with van der Waals surface area (Å²) in [6.07, 6.45) is 1.22. The van der Waals surface area contributed by atoms with Crippen LogP contribution in [0.2, 0.25) is 0 Å². The number of benzene rings is 2. The number of sulfonamides is 1. The number of rotatable bonds is 6. The fourth-order valence-corrected chi connectivity index (χ4v) is 5.64. The number of ether oxygens (including phenoxy) is 1. The van der Waals surface area contributed by atoms with Gasteiger partial charge in [0.2, 0.25) is 27.6 Å². The van der Waals surface area contributed by atoms with Gasteiger partial charge in [-0.3, -0.25) is 4.79 Å². The highest BCUT2D eigenvalue weighted by molar-refractivity contribution is 7.89. The Morgan fingerprint density at radius 1 is 1.18 bits per heavy atom. The summed E-state index contributed by atoms with van der Waals surface area (Å²) in [7, 11) is -2.24. The zero-order valence-electron chi connectivity index (χ0n) is 18.7. The number of anilines is 1. The van der Waals surface area contributed by atoms with E-state index in [1.165, 1.54) is 4.31 Å². The fraction of sp³-hybridized carbons (Fsp3) is 0.348. The molecule has 0 unspecified atom stereocenters. The molecule has 3 aromatic rings. The van der Waals surface area contributed by atoms with Crippen LogP contribution in [0.5, 0.6) is 5.75 Å². The number of amides is 1. The number of aromatic nitrogens is 2. The van der Waals surface area contributed by atoms with E-state index in [1.54, 1.807) is 63.4 Å². The van der Waals surface area contributed by atoms with Gasteiger partial charge in [0.15, 0.2) is 0 Å². The number of carbonyl (C=O) groups excluding carboxylic acids is 1. The van der Waals surface area contributed by atoms with Crippen LogP contribution in [0.15, 0.2) is 51.9 Å². The number of hydrogen-bond donors (Lipinski definition) is 1. The van der Waals surface area contributed by atoms with Gasteiger partial charge in [0, 0.05) is 31.3 Å². The molecule has 1 atom stereocenters. The van der Waals surface area contributed by atoms with E-state index in [4.69, 9.17) is 9.26 Å². The lowest BCUT2D eigenvalue weighted by Gasteiger charge is -2.31. The third-order valence-corrected chi connectivity index (χ3v) is 7.71. The topological polar surface area (TPSA) is 115 Å². The van der Waals surface area contributed by atoms with Gasteiger partial charge in [-0.25, -0.2) is 8.42 Å². The smallest absolute Gasteiger partial charge is 0.243 e. The van der Waals surface area contributed by atoms with Crippen molar-refractivity contribution in [1.82, 2.24) is 14.4 Å². The van der Waals surface area contributed by atoms with Crippen LogP contribution in [0.3, 0.4) is 0 Å². The number of piperidine rings is 1. The van der Waals surface area contributed by atoms with Crippen LogP contribution in [0, 0.1) is 19.8 Å². The molecule has 33 heavy (non-hydrogen) atoms. The summed E-state index contributed by atoms with van der Waals surface area (Å²) in [5.74, 6) is 0.777. The van der Waals surface area contributed by atoms with Gasteiger partial charge in [-0.1, -0.05) is 17.3 Å². The predicted octanol–water partition coefficient (Wildman–Crippen LogP) is 3.40. The van der Waals surface area contributed by atoms with Gasteiger partial charge < -0.3 is 14.6 Å². The molecule has 0 bridgehead atoms. The average Bonchev–Trinajstić information content (AvgIpc) is 3.26. The Bertz CT molecular complexity index is 1250. The Balaban J connectivity index is 1.52. The number of nitrogens with zero attached hydrogens (tertiary/aromatic N) is 3. The van der Waals surface area contributed by atoms with Gasteiger partial charge in [0.05, 0.1) is 17.9 Å². The van der Waals surface area contributed by atoms with E-state index >= 15 is 0 Å². The second-order valence-corrected chi connectivity index (χ2v) is 9.94. The Hall–Kier alpha value is -3.24. The molecule has 1 aliphatic heterocycles. The number of nitrogens with one attached hydrogen (secondary N) is 1. The molecule has 0 saturated carbocycles. The van der Waals surface area contributed by atoms with E-state index in [0.29, 0.717) is 53.7 Å². The first-order valence-electron chi connectivity index (χ1n) is 10.6. The van der Waals surface area contributed by atoms with Crippen molar-refractivity contribution in [2.45, 2.75) is 31.6 Å². The third-order valence-electron chi connectivity index (χ3n) is 5.70. The Kier molecular flexibility index (Phi) is 6.48. The number of hydrogen-bond acceptors (Lipinski definition) is 7. The standard InChI is InChI=1S/C23H26N4O5S/c1-15-6-7-17(22-24-16(2)32-26-22)13-21(15)33(29,30)27-12-4-5-18(14-27)23(28)25-19-8-10-20(31-3)11-9-19/h6-11,13,18H,4-5,12,14H2,1-3H3,(H,25,28)/t18-/m0/s1. The first-order valence-corrected chi connectivity index (χ1v) is 12.1. The lowest BCUT2D eigenvalue weighted by molar-refractivity contribution is -0.120. The van der Waals surface area contributed by atoms with E-state index in [-0.39, 0.29) is 17.3 Å². The monoisotopic (exact) mass is 470 g/mol. The highest BCUT2D eigenvalue weighted by atomic mass is 32.2. The van der Waals surface area contributed by atoms with Crippen LogP contribution in [-0.4, -0.2) is 49.0 Å². The predicted molar refractivity (Wildman–Crippen MR) is 122 cm³/mol.